The van der Waals surface area contributed by atoms with Crippen LogP contribution in [0.4, 0.5) is 13.2 Å². The summed E-state index contributed by atoms with van der Waals surface area (Å²) in [6.45, 7) is 0. The number of carbonyl (C=O) groups is 1. The van der Waals surface area contributed by atoms with Gasteiger partial charge in [0.05, 0.1) is 11.9 Å². The monoisotopic (exact) mass is 357 g/mol. The van der Waals surface area contributed by atoms with Crippen LogP contribution in [0.5, 0.6) is 0 Å². The van der Waals surface area contributed by atoms with Gasteiger partial charge in [0.25, 0.3) is 0 Å². The van der Waals surface area contributed by atoms with Gasteiger partial charge < -0.3 is 5.11 Å². The van der Waals surface area contributed by atoms with E-state index in [0.717, 1.165) is 23.0 Å². The lowest BCUT2D eigenvalue weighted by Crippen LogP contribution is -2.14. The number of hydrogen-bond acceptors (Lipinski definition) is 3. The number of halogens is 3. The molecule has 0 aliphatic carbocycles. The van der Waals surface area contributed by atoms with Crippen molar-refractivity contribution >= 4 is 22.4 Å². The van der Waals surface area contributed by atoms with E-state index in [0.29, 0.717) is 10.1 Å². The van der Waals surface area contributed by atoms with Crippen LogP contribution >= 0.6 is 0 Å². The second-order valence-corrected chi connectivity index (χ2v) is 5.65. The van der Waals surface area contributed by atoms with Crippen molar-refractivity contribution in [3.05, 3.63) is 66.0 Å². The van der Waals surface area contributed by atoms with Crippen molar-refractivity contribution in [2.45, 2.75) is 6.18 Å². The average molecular weight is 357 g/mol. The largest absolute Gasteiger partial charge is 0.477 e. The predicted octanol–water partition coefficient (Wildman–Crippen LogP) is 4.27. The van der Waals surface area contributed by atoms with Crippen LogP contribution in [0.25, 0.3) is 27.7 Å². The van der Waals surface area contributed by atoms with Crippen LogP contribution in [-0.4, -0.2) is 25.7 Å². The van der Waals surface area contributed by atoms with Gasteiger partial charge in [-0.05, 0) is 16.8 Å². The quantitative estimate of drug-likeness (QED) is 0.582. The predicted molar refractivity (Wildman–Crippen MR) is 87.9 cm³/mol. The standard InChI is InChI=1S/C18H10F3N3O2/c19-18(20,21)15-8-14(23-16-13(17(25)26)9-22-24(15)16)12-7-3-5-10-4-1-2-6-11(10)12/h1-9H,(H,25,26). The van der Waals surface area contributed by atoms with Gasteiger partial charge in [0.2, 0.25) is 0 Å². The van der Waals surface area contributed by atoms with E-state index in [1.54, 1.807) is 24.3 Å². The molecule has 0 unspecified atom stereocenters. The third kappa shape index (κ3) is 2.46. The molecule has 4 rings (SSSR count). The highest BCUT2D eigenvalue weighted by atomic mass is 19.4. The Morgan fingerprint density at radius 3 is 2.54 bits per heavy atom. The minimum atomic E-state index is -4.72. The second-order valence-electron chi connectivity index (χ2n) is 5.65. The first-order valence-corrected chi connectivity index (χ1v) is 7.53. The van der Waals surface area contributed by atoms with Crippen molar-refractivity contribution in [3.8, 4) is 11.3 Å². The number of aromatic carboxylic acids is 1. The summed E-state index contributed by atoms with van der Waals surface area (Å²) in [6.07, 6.45) is -3.85. The molecule has 0 aliphatic heterocycles. The van der Waals surface area contributed by atoms with Crippen LogP contribution in [0.3, 0.4) is 0 Å². The first-order chi connectivity index (χ1) is 12.4. The Morgan fingerprint density at radius 2 is 1.81 bits per heavy atom. The molecule has 2 heterocycles. The highest BCUT2D eigenvalue weighted by molar-refractivity contribution is 5.97. The lowest BCUT2D eigenvalue weighted by Gasteiger charge is -2.12. The zero-order valence-electron chi connectivity index (χ0n) is 13.0. The summed E-state index contributed by atoms with van der Waals surface area (Å²) in [5.41, 5.74) is -1.32. The van der Waals surface area contributed by atoms with Gasteiger partial charge in [-0.25, -0.2) is 14.3 Å². The molecule has 0 aliphatic rings. The summed E-state index contributed by atoms with van der Waals surface area (Å²) >= 11 is 0. The maximum absolute atomic E-state index is 13.5. The third-order valence-corrected chi connectivity index (χ3v) is 4.06. The fourth-order valence-corrected chi connectivity index (χ4v) is 2.90. The maximum atomic E-state index is 13.5. The lowest BCUT2D eigenvalue weighted by molar-refractivity contribution is -0.142. The van der Waals surface area contributed by atoms with E-state index in [4.69, 9.17) is 0 Å². The molecule has 130 valence electrons. The molecule has 2 aromatic heterocycles. The van der Waals surface area contributed by atoms with E-state index in [1.165, 1.54) is 0 Å². The number of alkyl halides is 3. The van der Waals surface area contributed by atoms with Crippen LogP contribution in [0, 0.1) is 0 Å². The Hall–Kier alpha value is -3.42. The fourth-order valence-electron chi connectivity index (χ4n) is 2.90. The molecule has 0 bridgehead atoms. The van der Waals surface area contributed by atoms with Gasteiger partial charge >= 0.3 is 12.1 Å². The number of carboxylic acids is 1. The summed E-state index contributed by atoms with van der Waals surface area (Å²) in [4.78, 5) is 15.5. The molecule has 0 fully saturated rings. The van der Waals surface area contributed by atoms with Gasteiger partial charge in [0.15, 0.2) is 11.3 Å². The Balaban J connectivity index is 2.10. The van der Waals surface area contributed by atoms with Crippen molar-refractivity contribution in [2.24, 2.45) is 0 Å². The number of carboxylic acid groups (broad SMARTS) is 1. The number of benzene rings is 2. The zero-order chi connectivity index (χ0) is 18.5. The van der Waals surface area contributed by atoms with Crippen LogP contribution in [-0.2, 0) is 6.18 Å². The van der Waals surface area contributed by atoms with E-state index in [2.05, 4.69) is 10.1 Å². The third-order valence-electron chi connectivity index (χ3n) is 4.06. The molecular weight excluding hydrogens is 347 g/mol. The Labute approximate surface area is 144 Å². The summed E-state index contributed by atoms with van der Waals surface area (Å²) in [5.74, 6) is -1.39. The number of hydrogen-bond donors (Lipinski definition) is 1. The molecule has 8 heteroatoms. The van der Waals surface area contributed by atoms with Crippen LogP contribution < -0.4 is 0 Å². The average Bonchev–Trinajstić information content (AvgIpc) is 3.03. The first-order valence-electron chi connectivity index (χ1n) is 7.53. The topological polar surface area (TPSA) is 67.5 Å². The van der Waals surface area contributed by atoms with Crippen LogP contribution in [0.1, 0.15) is 16.1 Å². The highest BCUT2D eigenvalue weighted by Gasteiger charge is 2.36. The molecule has 4 aromatic rings. The SMILES string of the molecule is O=C(O)c1cnn2c(C(F)(F)F)cc(-c3cccc4ccccc34)nc12. The summed E-state index contributed by atoms with van der Waals surface area (Å²) in [5, 5.41) is 14.3. The molecule has 0 spiro atoms. The number of nitrogens with zero attached hydrogens (tertiary/aromatic N) is 3. The van der Waals surface area contributed by atoms with Gasteiger partial charge in [-0.3, -0.25) is 0 Å². The van der Waals surface area contributed by atoms with Crippen molar-refractivity contribution in [1.29, 1.82) is 0 Å². The summed E-state index contributed by atoms with van der Waals surface area (Å²) < 4.78 is 41.0. The number of aromatic nitrogens is 3. The number of rotatable bonds is 2. The molecule has 26 heavy (non-hydrogen) atoms. The molecule has 0 amide bonds. The van der Waals surface area contributed by atoms with E-state index >= 15 is 0 Å². The highest BCUT2D eigenvalue weighted by Crippen LogP contribution is 2.34. The van der Waals surface area contributed by atoms with Gasteiger partial charge in [0.1, 0.15) is 5.56 Å². The molecule has 0 saturated carbocycles. The summed E-state index contributed by atoms with van der Waals surface area (Å²) in [6, 6.07) is 13.3. The molecule has 0 atom stereocenters. The molecule has 2 aromatic carbocycles. The smallest absolute Gasteiger partial charge is 0.433 e. The maximum Gasteiger partial charge on any atom is 0.433 e. The first kappa shape index (κ1) is 16.1. The zero-order valence-corrected chi connectivity index (χ0v) is 13.0. The van der Waals surface area contributed by atoms with Gasteiger partial charge in [-0.15, -0.1) is 0 Å². The van der Waals surface area contributed by atoms with Crippen molar-refractivity contribution in [3.63, 3.8) is 0 Å². The Bertz CT molecular complexity index is 1160. The number of fused-ring (bicyclic) bond motifs is 2. The normalized spacial score (nSPS) is 12.0. The van der Waals surface area contributed by atoms with Crippen LogP contribution in [0.2, 0.25) is 0 Å². The minimum absolute atomic E-state index is 0.0321. The van der Waals surface area contributed by atoms with E-state index in [1.807, 2.05) is 18.2 Å². The van der Waals surface area contributed by atoms with Gasteiger partial charge in [0, 0.05) is 5.56 Å². The summed E-state index contributed by atoms with van der Waals surface area (Å²) in [7, 11) is 0. The van der Waals surface area contributed by atoms with Crippen molar-refractivity contribution in [2.75, 3.05) is 0 Å². The molecule has 0 radical (unpaired) electrons. The molecule has 1 N–H and O–H groups in total. The van der Waals surface area contributed by atoms with E-state index in [9.17, 15) is 23.1 Å². The van der Waals surface area contributed by atoms with Crippen molar-refractivity contribution in [1.82, 2.24) is 14.6 Å². The fraction of sp³-hybridized carbons (Fsp3) is 0.0556. The van der Waals surface area contributed by atoms with Gasteiger partial charge in [-0.2, -0.15) is 18.3 Å². The second kappa shape index (κ2) is 5.55. The Kier molecular flexibility index (Phi) is 3.43. The van der Waals surface area contributed by atoms with E-state index < -0.39 is 23.4 Å². The molecule has 0 saturated heterocycles. The molecule has 5 nitrogen and oxygen atoms in total. The Morgan fingerprint density at radius 1 is 1.08 bits per heavy atom. The van der Waals surface area contributed by atoms with Crippen molar-refractivity contribution < 1.29 is 23.1 Å². The lowest BCUT2D eigenvalue weighted by atomic mass is 10.0. The molecular formula is C18H10F3N3O2. The van der Waals surface area contributed by atoms with Crippen LogP contribution in [0.15, 0.2) is 54.7 Å². The minimum Gasteiger partial charge on any atom is -0.477 e. The van der Waals surface area contributed by atoms with E-state index in [-0.39, 0.29) is 11.3 Å². The van der Waals surface area contributed by atoms with Gasteiger partial charge in [-0.1, -0.05) is 42.5 Å².